The van der Waals surface area contributed by atoms with Crippen molar-refractivity contribution in [3.05, 3.63) is 12.8 Å². The van der Waals surface area contributed by atoms with Crippen molar-refractivity contribution in [2.45, 2.75) is 65.2 Å². The lowest BCUT2D eigenvalue weighted by molar-refractivity contribution is 0.654. The van der Waals surface area contributed by atoms with Gasteiger partial charge in [-0.05, 0) is 19.3 Å². The largest absolute Gasteiger partial charge is 0.0654 e. The summed E-state index contributed by atoms with van der Waals surface area (Å²) in [5, 5.41) is 0. The highest BCUT2D eigenvalue weighted by Crippen LogP contribution is 2.08. The summed E-state index contributed by atoms with van der Waals surface area (Å²) >= 11 is 0. The summed E-state index contributed by atoms with van der Waals surface area (Å²) < 4.78 is 0. The smallest absolute Gasteiger partial charge is 0.0383 e. The Morgan fingerprint density at radius 1 is 0.750 bits per heavy atom. The predicted molar refractivity (Wildman–Crippen MR) is 56.9 cm³/mol. The zero-order valence-corrected chi connectivity index (χ0v) is 8.81. The van der Waals surface area contributed by atoms with Gasteiger partial charge in [-0.25, -0.2) is 0 Å². The monoisotopic (exact) mass is 168 g/mol. The van der Waals surface area contributed by atoms with Crippen molar-refractivity contribution in [1.29, 1.82) is 0 Å². The fourth-order valence-electron chi connectivity index (χ4n) is 1.27. The maximum Gasteiger partial charge on any atom is -0.0383 e. The molecule has 0 bridgehead atoms. The summed E-state index contributed by atoms with van der Waals surface area (Å²) in [5.41, 5.74) is 0. The minimum Gasteiger partial charge on any atom is -0.0654 e. The highest BCUT2D eigenvalue weighted by Gasteiger charge is 1.90. The molecular formula is C12H24. The molecule has 0 spiro atoms. The molecule has 72 valence electrons. The summed E-state index contributed by atoms with van der Waals surface area (Å²) in [4.78, 5) is 0. The van der Waals surface area contributed by atoms with E-state index in [1.807, 2.05) is 0 Å². The van der Waals surface area contributed by atoms with Gasteiger partial charge in [-0.2, -0.15) is 0 Å². The van der Waals surface area contributed by atoms with Crippen molar-refractivity contribution >= 4 is 0 Å². The van der Waals surface area contributed by atoms with Crippen molar-refractivity contribution in [3.63, 3.8) is 0 Å². The molecule has 0 fully saturated rings. The zero-order valence-electron chi connectivity index (χ0n) is 8.81. The molecule has 0 aliphatic rings. The highest BCUT2D eigenvalue weighted by atomic mass is 14.0. The standard InChI is InChI=1S/C12H24/c1-3-5-7-9-11-12-10-8-6-4-2/h7,11H,3-6,8-10,12H2,1-2H3. The van der Waals surface area contributed by atoms with Crippen LogP contribution in [0.25, 0.3) is 0 Å². The van der Waals surface area contributed by atoms with Crippen molar-refractivity contribution in [1.82, 2.24) is 0 Å². The first-order valence-corrected chi connectivity index (χ1v) is 5.55. The van der Waals surface area contributed by atoms with E-state index in [4.69, 9.17) is 0 Å². The predicted octanol–water partition coefficient (Wildman–Crippen LogP) is 4.56. The molecule has 0 heteroatoms. The summed E-state index contributed by atoms with van der Waals surface area (Å²) in [5.74, 6) is 0. The van der Waals surface area contributed by atoms with Gasteiger partial charge in [0.1, 0.15) is 0 Å². The third-order valence-corrected chi connectivity index (χ3v) is 2.09. The first-order valence-electron chi connectivity index (χ1n) is 5.55. The van der Waals surface area contributed by atoms with Gasteiger partial charge in [-0.1, -0.05) is 58.8 Å². The minimum absolute atomic E-state index is 1.22. The van der Waals surface area contributed by atoms with Gasteiger partial charge >= 0.3 is 0 Å². The fourth-order valence-corrected chi connectivity index (χ4v) is 1.27. The second kappa shape index (κ2) is 11.0. The number of unbranched alkanes of at least 4 members (excludes halogenated alkanes) is 9. The molecule has 0 aliphatic carbocycles. The van der Waals surface area contributed by atoms with Gasteiger partial charge < -0.3 is 0 Å². The lowest BCUT2D eigenvalue weighted by Gasteiger charge is -1.99. The molecule has 0 aromatic carbocycles. The van der Waals surface area contributed by atoms with Crippen molar-refractivity contribution < 1.29 is 0 Å². The molecule has 2 radical (unpaired) electrons. The normalized spacial score (nSPS) is 10.5. The first-order chi connectivity index (χ1) is 5.91. The Morgan fingerprint density at radius 3 is 2.17 bits per heavy atom. The molecule has 0 nitrogen and oxygen atoms in total. The van der Waals surface area contributed by atoms with Crippen molar-refractivity contribution in [2.24, 2.45) is 0 Å². The molecule has 12 heavy (non-hydrogen) atoms. The van der Waals surface area contributed by atoms with E-state index in [0.29, 0.717) is 0 Å². The zero-order chi connectivity index (χ0) is 9.07. The Morgan fingerprint density at radius 2 is 1.50 bits per heavy atom. The maximum absolute atomic E-state index is 2.42. The first kappa shape index (κ1) is 12.0. The number of hydrogen-bond acceptors (Lipinski definition) is 0. The Bertz CT molecular complexity index is 56.4. The second-order valence-corrected chi connectivity index (χ2v) is 3.45. The second-order valence-electron chi connectivity index (χ2n) is 3.45. The quantitative estimate of drug-likeness (QED) is 0.443. The lowest BCUT2D eigenvalue weighted by atomic mass is 10.1. The molecule has 0 heterocycles. The molecule has 0 rings (SSSR count). The van der Waals surface area contributed by atoms with E-state index < -0.39 is 0 Å². The fraction of sp³-hybridized carbons (Fsp3) is 0.833. The average Bonchev–Trinajstić information content (AvgIpc) is 2.10. The molecule has 0 aliphatic heterocycles. The summed E-state index contributed by atoms with van der Waals surface area (Å²) in [6, 6.07) is 0. The molecule has 0 atom stereocenters. The van der Waals surface area contributed by atoms with Gasteiger partial charge in [0, 0.05) is 0 Å². The molecule has 0 aromatic heterocycles. The van der Waals surface area contributed by atoms with Crippen LogP contribution in [0.4, 0.5) is 0 Å². The van der Waals surface area contributed by atoms with Crippen LogP contribution in [0, 0.1) is 12.8 Å². The molecule has 0 saturated carbocycles. The molecule has 0 amide bonds. The van der Waals surface area contributed by atoms with Crippen LogP contribution in [-0.4, -0.2) is 0 Å². The Balaban J connectivity index is 2.73. The molecule has 0 unspecified atom stereocenters. The molecule has 0 saturated heterocycles. The van der Waals surface area contributed by atoms with E-state index in [2.05, 4.69) is 26.7 Å². The van der Waals surface area contributed by atoms with Crippen LogP contribution >= 0.6 is 0 Å². The SMILES string of the molecule is CCC[CH]C[CH]CCCCCC. The minimum atomic E-state index is 1.22. The van der Waals surface area contributed by atoms with Gasteiger partial charge in [0.2, 0.25) is 0 Å². The molecular weight excluding hydrogens is 144 g/mol. The Labute approximate surface area is 78.8 Å². The van der Waals surface area contributed by atoms with E-state index in [1.54, 1.807) is 0 Å². The number of rotatable bonds is 9. The van der Waals surface area contributed by atoms with Gasteiger partial charge in [0.05, 0.1) is 0 Å². The van der Waals surface area contributed by atoms with Gasteiger partial charge in [0.25, 0.3) is 0 Å². The average molecular weight is 168 g/mol. The lowest BCUT2D eigenvalue weighted by Crippen LogP contribution is -1.81. The van der Waals surface area contributed by atoms with Crippen LogP contribution in [-0.2, 0) is 0 Å². The third-order valence-electron chi connectivity index (χ3n) is 2.09. The van der Waals surface area contributed by atoms with E-state index in [0.717, 1.165) is 0 Å². The topological polar surface area (TPSA) is 0 Å². The number of hydrogen-bond donors (Lipinski definition) is 0. The Kier molecular flexibility index (Phi) is 11.0. The van der Waals surface area contributed by atoms with E-state index >= 15 is 0 Å². The van der Waals surface area contributed by atoms with Gasteiger partial charge in [0.15, 0.2) is 0 Å². The highest BCUT2D eigenvalue weighted by molar-refractivity contribution is 4.75. The van der Waals surface area contributed by atoms with E-state index in [1.165, 1.54) is 51.4 Å². The maximum atomic E-state index is 2.42. The third kappa shape index (κ3) is 10.0. The Hall–Kier alpha value is 0. The van der Waals surface area contributed by atoms with Crippen LogP contribution in [0.15, 0.2) is 0 Å². The summed E-state index contributed by atoms with van der Waals surface area (Å²) in [6.07, 6.45) is 15.5. The summed E-state index contributed by atoms with van der Waals surface area (Å²) in [7, 11) is 0. The van der Waals surface area contributed by atoms with Crippen LogP contribution in [0.2, 0.25) is 0 Å². The van der Waals surface area contributed by atoms with E-state index in [-0.39, 0.29) is 0 Å². The van der Waals surface area contributed by atoms with Crippen LogP contribution < -0.4 is 0 Å². The van der Waals surface area contributed by atoms with Gasteiger partial charge in [-0.3, -0.25) is 0 Å². The molecule has 0 N–H and O–H groups in total. The van der Waals surface area contributed by atoms with Crippen LogP contribution in [0.5, 0.6) is 0 Å². The van der Waals surface area contributed by atoms with Crippen LogP contribution in [0.3, 0.4) is 0 Å². The van der Waals surface area contributed by atoms with Crippen molar-refractivity contribution in [2.75, 3.05) is 0 Å². The van der Waals surface area contributed by atoms with Crippen LogP contribution in [0.1, 0.15) is 65.2 Å². The molecule has 0 aromatic rings. The van der Waals surface area contributed by atoms with E-state index in [9.17, 15) is 0 Å². The van der Waals surface area contributed by atoms with Gasteiger partial charge in [-0.15, -0.1) is 0 Å². The summed E-state index contributed by atoms with van der Waals surface area (Å²) in [6.45, 7) is 4.50. The van der Waals surface area contributed by atoms with Crippen molar-refractivity contribution in [3.8, 4) is 0 Å².